The summed E-state index contributed by atoms with van der Waals surface area (Å²) in [5.41, 5.74) is 0.737. The number of hydrogen-bond donors (Lipinski definition) is 2. The first kappa shape index (κ1) is 17.4. The van der Waals surface area contributed by atoms with E-state index in [1.807, 2.05) is 6.07 Å². The lowest BCUT2D eigenvalue weighted by Gasteiger charge is -2.14. The second kappa shape index (κ2) is 8.04. The van der Waals surface area contributed by atoms with Crippen LogP contribution in [0.4, 0.5) is 8.78 Å². The molecular formula is C17H14F2N2O3. The zero-order valence-electron chi connectivity index (χ0n) is 12.4. The number of aliphatic hydroxyl groups is 1. The van der Waals surface area contributed by atoms with Crippen LogP contribution in [0.5, 0.6) is 5.75 Å². The Morgan fingerprint density at radius 1 is 1.25 bits per heavy atom. The van der Waals surface area contributed by atoms with E-state index in [4.69, 9.17) is 5.26 Å². The van der Waals surface area contributed by atoms with Gasteiger partial charge in [-0.2, -0.15) is 14.0 Å². The van der Waals surface area contributed by atoms with E-state index < -0.39 is 18.6 Å². The predicted octanol–water partition coefficient (Wildman–Crippen LogP) is 2.62. The van der Waals surface area contributed by atoms with Gasteiger partial charge in [0.15, 0.2) is 0 Å². The quantitative estimate of drug-likeness (QED) is 0.852. The van der Waals surface area contributed by atoms with E-state index in [9.17, 15) is 18.7 Å². The zero-order valence-corrected chi connectivity index (χ0v) is 12.4. The van der Waals surface area contributed by atoms with Gasteiger partial charge < -0.3 is 15.2 Å². The number of ether oxygens (including phenoxy) is 1. The number of hydrogen-bond acceptors (Lipinski definition) is 4. The number of benzene rings is 2. The number of aliphatic hydroxyl groups excluding tert-OH is 1. The molecule has 1 atom stereocenters. The van der Waals surface area contributed by atoms with Crippen LogP contribution in [0, 0.1) is 11.3 Å². The Hall–Kier alpha value is -2.98. The maximum atomic E-state index is 12.2. The molecule has 0 saturated carbocycles. The molecular weight excluding hydrogens is 318 g/mol. The number of rotatable bonds is 6. The van der Waals surface area contributed by atoms with Crippen LogP contribution in [0.3, 0.4) is 0 Å². The van der Waals surface area contributed by atoms with Gasteiger partial charge in [-0.15, -0.1) is 0 Å². The Balaban J connectivity index is 2.01. The highest BCUT2D eigenvalue weighted by Gasteiger charge is 2.14. The lowest BCUT2D eigenvalue weighted by atomic mass is 10.1. The van der Waals surface area contributed by atoms with Crippen LogP contribution in [0.25, 0.3) is 0 Å². The SMILES string of the molecule is N#Cc1ccccc1C(=O)NCC(O)c1cccc(OC(F)F)c1. The topological polar surface area (TPSA) is 82.4 Å². The molecule has 2 aromatic carbocycles. The molecule has 0 heterocycles. The van der Waals surface area contributed by atoms with Crippen molar-refractivity contribution in [2.75, 3.05) is 6.54 Å². The van der Waals surface area contributed by atoms with Gasteiger partial charge in [0, 0.05) is 6.54 Å². The van der Waals surface area contributed by atoms with Crippen molar-refractivity contribution in [3.63, 3.8) is 0 Å². The number of carbonyl (C=O) groups is 1. The van der Waals surface area contributed by atoms with Crippen LogP contribution in [0.2, 0.25) is 0 Å². The van der Waals surface area contributed by atoms with Gasteiger partial charge in [-0.05, 0) is 29.8 Å². The number of halogens is 2. The highest BCUT2D eigenvalue weighted by molar-refractivity contribution is 5.96. The maximum Gasteiger partial charge on any atom is 0.387 e. The molecule has 2 rings (SSSR count). The largest absolute Gasteiger partial charge is 0.435 e. The van der Waals surface area contributed by atoms with E-state index in [1.54, 1.807) is 12.1 Å². The second-order valence-corrected chi connectivity index (χ2v) is 4.83. The third-order valence-electron chi connectivity index (χ3n) is 3.22. The number of carbonyl (C=O) groups excluding carboxylic acids is 1. The molecule has 0 saturated heterocycles. The fraction of sp³-hybridized carbons (Fsp3) is 0.176. The molecule has 2 aromatic rings. The summed E-state index contributed by atoms with van der Waals surface area (Å²) in [6, 6.07) is 13.8. The molecule has 5 nitrogen and oxygen atoms in total. The predicted molar refractivity (Wildman–Crippen MR) is 81.5 cm³/mol. The molecule has 2 N–H and O–H groups in total. The van der Waals surface area contributed by atoms with Crippen molar-refractivity contribution in [1.82, 2.24) is 5.32 Å². The molecule has 0 spiro atoms. The standard InChI is InChI=1S/C17H14F2N2O3/c18-17(19)24-13-6-3-5-11(8-13)15(22)10-21-16(23)14-7-2-1-4-12(14)9-20/h1-8,15,17,22H,10H2,(H,21,23). The smallest absolute Gasteiger partial charge is 0.387 e. The van der Waals surface area contributed by atoms with Gasteiger partial charge in [0.05, 0.1) is 23.3 Å². The highest BCUT2D eigenvalue weighted by atomic mass is 19.3. The summed E-state index contributed by atoms with van der Waals surface area (Å²) >= 11 is 0. The van der Waals surface area contributed by atoms with E-state index in [2.05, 4.69) is 10.1 Å². The Morgan fingerprint density at radius 3 is 2.71 bits per heavy atom. The van der Waals surface area contributed by atoms with Crippen LogP contribution in [0.15, 0.2) is 48.5 Å². The third kappa shape index (κ3) is 4.51. The number of amides is 1. The molecule has 7 heteroatoms. The summed E-state index contributed by atoms with van der Waals surface area (Å²) in [4.78, 5) is 12.1. The monoisotopic (exact) mass is 332 g/mol. The summed E-state index contributed by atoms with van der Waals surface area (Å²) < 4.78 is 28.7. The van der Waals surface area contributed by atoms with Gasteiger partial charge in [0.1, 0.15) is 5.75 Å². The minimum Gasteiger partial charge on any atom is -0.435 e. The first-order valence-electron chi connectivity index (χ1n) is 7.01. The summed E-state index contributed by atoms with van der Waals surface area (Å²) in [7, 11) is 0. The Kier molecular flexibility index (Phi) is 5.82. The van der Waals surface area contributed by atoms with Crippen molar-refractivity contribution in [3.8, 4) is 11.8 Å². The van der Waals surface area contributed by atoms with E-state index in [0.29, 0.717) is 5.56 Å². The van der Waals surface area contributed by atoms with Gasteiger partial charge >= 0.3 is 6.61 Å². The van der Waals surface area contributed by atoms with Crippen molar-refractivity contribution < 1.29 is 23.4 Å². The van der Waals surface area contributed by atoms with Gasteiger partial charge in [-0.3, -0.25) is 4.79 Å². The molecule has 0 aliphatic rings. The van der Waals surface area contributed by atoms with Crippen molar-refractivity contribution in [1.29, 1.82) is 5.26 Å². The van der Waals surface area contributed by atoms with Crippen LogP contribution >= 0.6 is 0 Å². The van der Waals surface area contributed by atoms with Crippen molar-refractivity contribution in [3.05, 3.63) is 65.2 Å². The van der Waals surface area contributed by atoms with Gasteiger partial charge in [-0.25, -0.2) is 0 Å². The minimum absolute atomic E-state index is 0.0808. The number of alkyl halides is 2. The van der Waals surface area contributed by atoms with Crippen LogP contribution in [-0.4, -0.2) is 24.2 Å². The first-order chi connectivity index (χ1) is 11.5. The summed E-state index contributed by atoms with van der Waals surface area (Å²) in [5.74, 6) is -0.589. The number of nitrogens with zero attached hydrogens (tertiary/aromatic N) is 1. The molecule has 0 bridgehead atoms. The summed E-state index contributed by atoms with van der Waals surface area (Å²) in [6.07, 6.45) is -1.11. The Bertz CT molecular complexity index is 759. The Labute approximate surface area is 137 Å². The molecule has 1 unspecified atom stereocenters. The first-order valence-corrected chi connectivity index (χ1v) is 7.01. The number of nitriles is 1. The highest BCUT2D eigenvalue weighted by Crippen LogP contribution is 2.20. The van der Waals surface area contributed by atoms with Crippen molar-refractivity contribution in [2.45, 2.75) is 12.7 Å². The van der Waals surface area contributed by atoms with E-state index in [0.717, 1.165) is 0 Å². The molecule has 0 fully saturated rings. The second-order valence-electron chi connectivity index (χ2n) is 4.83. The Morgan fingerprint density at radius 2 is 2.00 bits per heavy atom. The lowest BCUT2D eigenvalue weighted by Crippen LogP contribution is -2.29. The molecule has 24 heavy (non-hydrogen) atoms. The molecule has 0 aliphatic carbocycles. The van der Waals surface area contributed by atoms with Crippen molar-refractivity contribution in [2.24, 2.45) is 0 Å². The fourth-order valence-electron chi connectivity index (χ4n) is 2.08. The summed E-state index contributed by atoms with van der Waals surface area (Å²) in [6.45, 7) is -3.10. The van der Waals surface area contributed by atoms with E-state index in [-0.39, 0.29) is 23.4 Å². The maximum absolute atomic E-state index is 12.2. The lowest BCUT2D eigenvalue weighted by molar-refractivity contribution is -0.0499. The third-order valence-corrected chi connectivity index (χ3v) is 3.22. The van der Waals surface area contributed by atoms with Gasteiger partial charge in [-0.1, -0.05) is 24.3 Å². The summed E-state index contributed by atoms with van der Waals surface area (Å²) in [5, 5.41) is 21.6. The van der Waals surface area contributed by atoms with Crippen LogP contribution in [-0.2, 0) is 0 Å². The van der Waals surface area contributed by atoms with E-state index in [1.165, 1.54) is 36.4 Å². The fourth-order valence-corrected chi connectivity index (χ4v) is 2.08. The van der Waals surface area contributed by atoms with E-state index >= 15 is 0 Å². The van der Waals surface area contributed by atoms with Crippen LogP contribution in [0.1, 0.15) is 27.6 Å². The minimum atomic E-state index is -2.96. The normalized spacial score (nSPS) is 11.6. The van der Waals surface area contributed by atoms with Gasteiger partial charge in [0.2, 0.25) is 0 Å². The molecule has 0 radical (unpaired) electrons. The number of nitrogens with one attached hydrogen (secondary N) is 1. The molecule has 0 aliphatic heterocycles. The molecule has 124 valence electrons. The molecule has 0 aromatic heterocycles. The van der Waals surface area contributed by atoms with Crippen molar-refractivity contribution >= 4 is 5.91 Å². The average Bonchev–Trinajstić information content (AvgIpc) is 2.59. The molecule has 1 amide bonds. The average molecular weight is 332 g/mol. The van der Waals surface area contributed by atoms with Crippen LogP contribution < -0.4 is 10.1 Å². The van der Waals surface area contributed by atoms with Gasteiger partial charge in [0.25, 0.3) is 5.91 Å². The zero-order chi connectivity index (χ0) is 17.5.